The lowest BCUT2D eigenvalue weighted by molar-refractivity contribution is -0.125. The van der Waals surface area contributed by atoms with Crippen LogP contribution in [0.15, 0.2) is 6.20 Å². The first-order chi connectivity index (χ1) is 11.5. The SMILES string of the molecule is Cc1nc(N(C)C)ncc1C(=O)N1CCO[C@@]2(CNCCOC2)C1. The van der Waals surface area contributed by atoms with Crippen molar-refractivity contribution < 1.29 is 14.3 Å². The number of carbonyl (C=O) groups excluding carboxylic acids is 1. The Morgan fingerprint density at radius 2 is 2.25 bits per heavy atom. The average molecular weight is 335 g/mol. The van der Waals surface area contributed by atoms with E-state index in [9.17, 15) is 4.79 Å². The highest BCUT2D eigenvalue weighted by Gasteiger charge is 2.40. The van der Waals surface area contributed by atoms with Gasteiger partial charge in [-0.1, -0.05) is 0 Å². The molecule has 0 aliphatic carbocycles. The largest absolute Gasteiger partial charge is 0.377 e. The van der Waals surface area contributed by atoms with E-state index in [1.165, 1.54) is 0 Å². The minimum absolute atomic E-state index is 0.0512. The standard InChI is InChI=1S/C16H25N5O3/c1-12-13(8-18-15(19-12)20(2)3)14(22)21-5-7-24-16(10-21)9-17-4-6-23-11-16/h8,17H,4-7,9-11H2,1-3H3/t16-/m0/s1. The van der Waals surface area contributed by atoms with E-state index in [0.29, 0.717) is 56.7 Å². The van der Waals surface area contributed by atoms with Gasteiger partial charge in [0.1, 0.15) is 5.60 Å². The van der Waals surface area contributed by atoms with E-state index >= 15 is 0 Å². The van der Waals surface area contributed by atoms with Gasteiger partial charge >= 0.3 is 0 Å². The number of hydrogen-bond acceptors (Lipinski definition) is 7. The average Bonchev–Trinajstić information content (AvgIpc) is 2.79. The number of amides is 1. The van der Waals surface area contributed by atoms with Crippen molar-refractivity contribution in [3.05, 3.63) is 17.5 Å². The van der Waals surface area contributed by atoms with Crippen molar-refractivity contribution in [2.75, 3.05) is 65.0 Å². The van der Waals surface area contributed by atoms with Gasteiger partial charge in [-0.05, 0) is 6.92 Å². The summed E-state index contributed by atoms with van der Waals surface area (Å²) in [7, 11) is 3.75. The Balaban J connectivity index is 1.77. The number of carbonyl (C=O) groups is 1. The molecule has 1 atom stereocenters. The third-order valence-corrected chi connectivity index (χ3v) is 4.37. The molecule has 2 aliphatic rings. The number of aromatic nitrogens is 2. The van der Waals surface area contributed by atoms with Crippen LogP contribution < -0.4 is 10.2 Å². The summed E-state index contributed by atoms with van der Waals surface area (Å²) in [6, 6.07) is 0. The Labute approximate surface area is 142 Å². The van der Waals surface area contributed by atoms with Crippen LogP contribution in [0, 0.1) is 6.92 Å². The minimum atomic E-state index is -0.469. The molecule has 132 valence electrons. The summed E-state index contributed by atoms with van der Waals surface area (Å²) >= 11 is 0. The zero-order valence-corrected chi connectivity index (χ0v) is 14.5. The lowest BCUT2D eigenvalue weighted by atomic mass is 10.0. The number of nitrogens with one attached hydrogen (secondary N) is 1. The Hall–Kier alpha value is -1.77. The van der Waals surface area contributed by atoms with Crippen LogP contribution in [-0.4, -0.2) is 86.5 Å². The first-order valence-electron chi connectivity index (χ1n) is 8.23. The molecule has 0 aromatic carbocycles. The molecule has 1 N–H and O–H groups in total. The van der Waals surface area contributed by atoms with Crippen molar-refractivity contribution in [3.63, 3.8) is 0 Å². The van der Waals surface area contributed by atoms with Gasteiger partial charge in [0.05, 0.1) is 37.6 Å². The van der Waals surface area contributed by atoms with Crippen molar-refractivity contribution in [1.82, 2.24) is 20.2 Å². The molecule has 3 heterocycles. The number of rotatable bonds is 2. The second-order valence-electron chi connectivity index (χ2n) is 6.55. The van der Waals surface area contributed by atoms with E-state index in [4.69, 9.17) is 9.47 Å². The Morgan fingerprint density at radius 1 is 1.42 bits per heavy atom. The van der Waals surface area contributed by atoms with Gasteiger partial charge in [0.25, 0.3) is 5.91 Å². The number of nitrogens with zero attached hydrogens (tertiary/aromatic N) is 4. The highest BCUT2D eigenvalue weighted by Crippen LogP contribution is 2.22. The van der Waals surface area contributed by atoms with Gasteiger partial charge in [-0.2, -0.15) is 0 Å². The van der Waals surface area contributed by atoms with E-state index in [-0.39, 0.29) is 5.91 Å². The van der Waals surface area contributed by atoms with Gasteiger partial charge in [0, 0.05) is 39.9 Å². The van der Waals surface area contributed by atoms with Crippen LogP contribution in [0.3, 0.4) is 0 Å². The van der Waals surface area contributed by atoms with Crippen molar-refractivity contribution in [2.24, 2.45) is 0 Å². The van der Waals surface area contributed by atoms with Gasteiger partial charge in [-0.3, -0.25) is 4.79 Å². The van der Waals surface area contributed by atoms with E-state index in [1.807, 2.05) is 30.8 Å². The van der Waals surface area contributed by atoms with Crippen LogP contribution in [0.25, 0.3) is 0 Å². The minimum Gasteiger partial charge on any atom is -0.377 e. The smallest absolute Gasteiger partial charge is 0.257 e. The lowest BCUT2D eigenvalue weighted by Gasteiger charge is -2.41. The van der Waals surface area contributed by atoms with Crippen LogP contribution in [0.5, 0.6) is 0 Å². The number of morpholine rings is 1. The zero-order chi connectivity index (χ0) is 17.2. The maximum absolute atomic E-state index is 12.9. The van der Waals surface area contributed by atoms with Crippen molar-refractivity contribution in [1.29, 1.82) is 0 Å². The molecule has 0 bridgehead atoms. The second kappa shape index (κ2) is 7.00. The van der Waals surface area contributed by atoms with E-state index in [2.05, 4.69) is 15.3 Å². The second-order valence-corrected chi connectivity index (χ2v) is 6.55. The molecule has 24 heavy (non-hydrogen) atoms. The Kier molecular flexibility index (Phi) is 4.98. The van der Waals surface area contributed by atoms with E-state index in [0.717, 1.165) is 6.54 Å². The molecule has 8 heteroatoms. The molecule has 0 unspecified atom stereocenters. The fourth-order valence-electron chi connectivity index (χ4n) is 3.03. The van der Waals surface area contributed by atoms with Gasteiger partial charge < -0.3 is 24.6 Å². The lowest BCUT2D eigenvalue weighted by Crippen LogP contribution is -2.59. The third kappa shape index (κ3) is 3.50. The predicted molar refractivity (Wildman–Crippen MR) is 89.4 cm³/mol. The van der Waals surface area contributed by atoms with Crippen molar-refractivity contribution >= 4 is 11.9 Å². The summed E-state index contributed by atoms with van der Waals surface area (Å²) in [5, 5.41) is 3.32. The Morgan fingerprint density at radius 3 is 3.00 bits per heavy atom. The highest BCUT2D eigenvalue weighted by molar-refractivity contribution is 5.95. The normalized spacial score (nSPS) is 24.7. The molecule has 1 aromatic rings. The summed E-state index contributed by atoms with van der Waals surface area (Å²) in [6.07, 6.45) is 1.62. The summed E-state index contributed by atoms with van der Waals surface area (Å²) in [5.41, 5.74) is 0.762. The number of anilines is 1. The molecule has 3 rings (SSSR count). The molecule has 2 fully saturated rings. The molecule has 1 aromatic heterocycles. The summed E-state index contributed by atoms with van der Waals surface area (Å²) in [6.45, 7) is 6.07. The Bertz CT molecular complexity index is 599. The van der Waals surface area contributed by atoms with Crippen LogP contribution >= 0.6 is 0 Å². The van der Waals surface area contributed by atoms with Gasteiger partial charge in [-0.15, -0.1) is 0 Å². The zero-order valence-electron chi connectivity index (χ0n) is 14.5. The van der Waals surface area contributed by atoms with Gasteiger partial charge in [0.15, 0.2) is 0 Å². The predicted octanol–water partition coefficient (Wildman–Crippen LogP) is -0.318. The van der Waals surface area contributed by atoms with Crippen LogP contribution in [0.1, 0.15) is 16.1 Å². The molecule has 1 amide bonds. The number of ether oxygens (including phenoxy) is 2. The number of aryl methyl sites for hydroxylation is 1. The van der Waals surface area contributed by atoms with Crippen LogP contribution in [0.2, 0.25) is 0 Å². The summed E-state index contributed by atoms with van der Waals surface area (Å²) < 4.78 is 11.6. The molecular formula is C16H25N5O3. The maximum atomic E-state index is 12.9. The molecule has 0 saturated carbocycles. The molecule has 1 spiro atoms. The molecule has 2 saturated heterocycles. The molecule has 0 radical (unpaired) electrons. The fraction of sp³-hybridized carbons (Fsp3) is 0.688. The van der Waals surface area contributed by atoms with Gasteiger partial charge in [-0.25, -0.2) is 9.97 Å². The fourth-order valence-corrected chi connectivity index (χ4v) is 3.03. The number of hydrogen-bond donors (Lipinski definition) is 1. The maximum Gasteiger partial charge on any atom is 0.257 e. The first-order valence-corrected chi connectivity index (χ1v) is 8.23. The quantitative estimate of drug-likeness (QED) is 0.793. The summed E-state index contributed by atoms with van der Waals surface area (Å²) in [4.78, 5) is 25.2. The first kappa shape index (κ1) is 17.1. The topological polar surface area (TPSA) is 79.8 Å². The van der Waals surface area contributed by atoms with Crippen molar-refractivity contribution in [3.8, 4) is 0 Å². The molecular weight excluding hydrogens is 310 g/mol. The van der Waals surface area contributed by atoms with E-state index < -0.39 is 5.60 Å². The van der Waals surface area contributed by atoms with E-state index in [1.54, 1.807) is 6.20 Å². The van der Waals surface area contributed by atoms with Crippen molar-refractivity contribution in [2.45, 2.75) is 12.5 Å². The monoisotopic (exact) mass is 335 g/mol. The van der Waals surface area contributed by atoms with Crippen LogP contribution in [0.4, 0.5) is 5.95 Å². The summed E-state index contributed by atoms with van der Waals surface area (Å²) in [5.74, 6) is 0.550. The third-order valence-electron chi connectivity index (χ3n) is 4.37. The van der Waals surface area contributed by atoms with Crippen LogP contribution in [-0.2, 0) is 9.47 Å². The molecule has 8 nitrogen and oxygen atoms in total. The highest BCUT2D eigenvalue weighted by atomic mass is 16.5. The van der Waals surface area contributed by atoms with Gasteiger partial charge in [0.2, 0.25) is 5.95 Å². The molecule has 2 aliphatic heterocycles.